The predicted octanol–water partition coefficient (Wildman–Crippen LogP) is 2.30. The molecule has 0 fully saturated rings. The Morgan fingerprint density at radius 2 is 2.00 bits per heavy atom. The standard InChI is InChI=1S/C13H16O3/c1-9-4-6-12(13(15)16-3)8-11(9)7-5-10(2)14/h4,6,8H,5,7H2,1-3H3. The van der Waals surface area contributed by atoms with Crippen LogP contribution in [-0.2, 0) is 16.0 Å². The molecule has 0 aromatic heterocycles. The van der Waals surface area contributed by atoms with Gasteiger partial charge in [0.1, 0.15) is 5.78 Å². The number of carbonyl (C=O) groups is 2. The van der Waals surface area contributed by atoms with Crippen molar-refractivity contribution in [2.75, 3.05) is 7.11 Å². The smallest absolute Gasteiger partial charge is 0.337 e. The summed E-state index contributed by atoms with van der Waals surface area (Å²) in [6.07, 6.45) is 1.18. The maximum atomic E-state index is 11.3. The van der Waals surface area contributed by atoms with Crippen LogP contribution in [0.3, 0.4) is 0 Å². The minimum Gasteiger partial charge on any atom is -0.465 e. The van der Waals surface area contributed by atoms with Gasteiger partial charge in [-0.2, -0.15) is 0 Å². The number of carbonyl (C=O) groups excluding carboxylic acids is 2. The molecule has 3 nitrogen and oxygen atoms in total. The molecular formula is C13H16O3. The van der Waals surface area contributed by atoms with E-state index in [1.165, 1.54) is 7.11 Å². The van der Waals surface area contributed by atoms with Gasteiger partial charge in [-0.25, -0.2) is 4.79 Å². The molecule has 0 aliphatic rings. The second kappa shape index (κ2) is 5.45. The van der Waals surface area contributed by atoms with E-state index in [2.05, 4.69) is 4.74 Å². The third-order valence-electron chi connectivity index (χ3n) is 2.52. The summed E-state index contributed by atoms with van der Waals surface area (Å²) in [6, 6.07) is 5.41. The number of ketones is 1. The average molecular weight is 220 g/mol. The van der Waals surface area contributed by atoms with Gasteiger partial charge in [-0.05, 0) is 43.5 Å². The van der Waals surface area contributed by atoms with Gasteiger partial charge in [0, 0.05) is 6.42 Å². The van der Waals surface area contributed by atoms with Gasteiger partial charge in [0.2, 0.25) is 0 Å². The summed E-state index contributed by atoms with van der Waals surface area (Å²) in [6.45, 7) is 3.54. The van der Waals surface area contributed by atoms with Crippen LogP contribution in [0.5, 0.6) is 0 Å². The highest BCUT2D eigenvalue weighted by atomic mass is 16.5. The van der Waals surface area contributed by atoms with Crippen molar-refractivity contribution in [1.29, 1.82) is 0 Å². The maximum Gasteiger partial charge on any atom is 0.337 e. The van der Waals surface area contributed by atoms with Crippen molar-refractivity contribution in [2.45, 2.75) is 26.7 Å². The molecule has 0 saturated heterocycles. The van der Waals surface area contributed by atoms with Crippen LogP contribution in [0.4, 0.5) is 0 Å². The number of Topliss-reactive ketones (excluding diaryl/α,β-unsaturated/α-hetero) is 1. The highest BCUT2D eigenvalue weighted by Gasteiger charge is 2.08. The molecule has 86 valence electrons. The lowest BCUT2D eigenvalue weighted by atomic mass is 10.00. The molecule has 0 aliphatic carbocycles. The van der Waals surface area contributed by atoms with Crippen molar-refractivity contribution >= 4 is 11.8 Å². The monoisotopic (exact) mass is 220 g/mol. The van der Waals surface area contributed by atoms with Crippen molar-refractivity contribution in [3.8, 4) is 0 Å². The van der Waals surface area contributed by atoms with Crippen LogP contribution in [0, 0.1) is 6.92 Å². The Balaban J connectivity index is 2.90. The van der Waals surface area contributed by atoms with E-state index in [9.17, 15) is 9.59 Å². The van der Waals surface area contributed by atoms with Gasteiger partial charge in [0.25, 0.3) is 0 Å². The number of rotatable bonds is 4. The molecule has 0 N–H and O–H groups in total. The Labute approximate surface area is 95.4 Å². The molecule has 0 spiro atoms. The quantitative estimate of drug-likeness (QED) is 0.731. The molecule has 0 radical (unpaired) electrons. The van der Waals surface area contributed by atoms with Gasteiger partial charge in [0.05, 0.1) is 12.7 Å². The molecule has 0 bridgehead atoms. The van der Waals surface area contributed by atoms with E-state index in [4.69, 9.17) is 0 Å². The highest BCUT2D eigenvalue weighted by Crippen LogP contribution is 2.14. The third-order valence-corrected chi connectivity index (χ3v) is 2.52. The van der Waals surface area contributed by atoms with Crippen molar-refractivity contribution in [2.24, 2.45) is 0 Å². The second-order valence-corrected chi connectivity index (χ2v) is 3.83. The zero-order valence-electron chi connectivity index (χ0n) is 9.87. The summed E-state index contributed by atoms with van der Waals surface area (Å²) in [7, 11) is 1.36. The molecule has 0 aliphatic heterocycles. The maximum absolute atomic E-state index is 11.3. The predicted molar refractivity (Wildman–Crippen MR) is 61.5 cm³/mol. The van der Waals surface area contributed by atoms with Crippen LogP contribution in [-0.4, -0.2) is 18.9 Å². The lowest BCUT2D eigenvalue weighted by Gasteiger charge is -2.07. The largest absolute Gasteiger partial charge is 0.465 e. The molecule has 0 heterocycles. The lowest BCUT2D eigenvalue weighted by molar-refractivity contribution is -0.116. The van der Waals surface area contributed by atoms with Gasteiger partial charge in [-0.1, -0.05) is 6.07 Å². The fourth-order valence-electron chi connectivity index (χ4n) is 1.50. The van der Waals surface area contributed by atoms with E-state index >= 15 is 0 Å². The van der Waals surface area contributed by atoms with Crippen LogP contribution in [0.25, 0.3) is 0 Å². The molecule has 1 aromatic carbocycles. The number of hydrogen-bond acceptors (Lipinski definition) is 3. The van der Waals surface area contributed by atoms with Crippen molar-refractivity contribution in [3.63, 3.8) is 0 Å². The van der Waals surface area contributed by atoms with E-state index in [1.54, 1.807) is 19.1 Å². The molecule has 1 aromatic rings. The minimum absolute atomic E-state index is 0.155. The minimum atomic E-state index is -0.343. The second-order valence-electron chi connectivity index (χ2n) is 3.83. The van der Waals surface area contributed by atoms with Crippen molar-refractivity contribution < 1.29 is 14.3 Å². The summed E-state index contributed by atoms with van der Waals surface area (Å²) in [4.78, 5) is 22.2. The lowest BCUT2D eigenvalue weighted by Crippen LogP contribution is -2.04. The molecule has 0 amide bonds. The van der Waals surface area contributed by atoms with Gasteiger partial charge >= 0.3 is 5.97 Å². The van der Waals surface area contributed by atoms with Gasteiger partial charge in [-0.3, -0.25) is 0 Å². The summed E-state index contributed by atoms with van der Waals surface area (Å²) >= 11 is 0. The molecule has 3 heteroatoms. The van der Waals surface area contributed by atoms with E-state index in [0.29, 0.717) is 18.4 Å². The van der Waals surface area contributed by atoms with Gasteiger partial charge in [0.15, 0.2) is 0 Å². The van der Waals surface area contributed by atoms with Crippen LogP contribution in [0.15, 0.2) is 18.2 Å². The van der Waals surface area contributed by atoms with Crippen LogP contribution in [0.1, 0.15) is 34.8 Å². The first-order valence-corrected chi connectivity index (χ1v) is 5.22. The molecule has 16 heavy (non-hydrogen) atoms. The summed E-state index contributed by atoms with van der Waals surface area (Å²) in [5.41, 5.74) is 2.65. The average Bonchev–Trinajstić information content (AvgIpc) is 2.26. The zero-order valence-corrected chi connectivity index (χ0v) is 9.87. The Morgan fingerprint density at radius 1 is 1.31 bits per heavy atom. The van der Waals surface area contributed by atoms with Crippen molar-refractivity contribution in [3.05, 3.63) is 34.9 Å². The number of hydrogen-bond donors (Lipinski definition) is 0. The topological polar surface area (TPSA) is 43.4 Å². The number of methoxy groups -OCH3 is 1. The van der Waals surface area contributed by atoms with Crippen LogP contribution < -0.4 is 0 Å². The first-order chi connectivity index (χ1) is 7.54. The van der Waals surface area contributed by atoms with E-state index < -0.39 is 0 Å². The SMILES string of the molecule is COC(=O)c1ccc(C)c(CCC(C)=O)c1. The van der Waals surface area contributed by atoms with Crippen LogP contribution >= 0.6 is 0 Å². The zero-order chi connectivity index (χ0) is 12.1. The first kappa shape index (κ1) is 12.4. The molecular weight excluding hydrogens is 204 g/mol. The van der Waals surface area contributed by atoms with Crippen LogP contribution in [0.2, 0.25) is 0 Å². The molecule has 0 unspecified atom stereocenters. The Morgan fingerprint density at radius 3 is 2.56 bits per heavy atom. The molecule has 0 saturated carbocycles. The summed E-state index contributed by atoms with van der Waals surface area (Å²) < 4.78 is 4.65. The Bertz CT molecular complexity index is 408. The third kappa shape index (κ3) is 3.19. The molecule has 1 rings (SSSR count). The Kier molecular flexibility index (Phi) is 4.23. The fraction of sp³-hybridized carbons (Fsp3) is 0.385. The Hall–Kier alpha value is -1.64. The summed E-state index contributed by atoms with van der Waals surface area (Å²) in [5.74, 6) is -0.188. The van der Waals surface area contributed by atoms with E-state index in [1.807, 2.05) is 13.0 Å². The summed E-state index contributed by atoms with van der Waals surface area (Å²) in [5, 5.41) is 0. The number of ether oxygens (including phenoxy) is 1. The number of benzene rings is 1. The highest BCUT2D eigenvalue weighted by molar-refractivity contribution is 5.89. The van der Waals surface area contributed by atoms with Crippen molar-refractivity contribution in [1.82, 2.24) is 0 Å². The van der Waals surface area contributed by atoms with Gasteiger partial charge in [-0.15, -0.1) is 0 Å². The molecule has 0 atom stereocenters. The number of aryl methyl sites for hydroxylation is 2. The number of esters is 1. The fourth-order valence-corrected chi connectivity index (χ4v) is 1.50. The van der Waals surface area contributed by atoms with E-state index in [0.717, 1.165) is 11.1 Å². The normalized spacial score (nSPS) is 9.94. The van der Waals surface area contributed by atoms with Gasteiger partial charge < -0.3 is 9.53 Å². The first-order valence-electron chi connectivity index (χ1n) is 5.22. The van der Waals surface area contributed by atoms with E-state index in [-0.39, 0.29) is 11.8 Å².